The van der Waals surface area contributed by atoms with Gasteiger partial charge in [-0.05, 0) is 16.7 Å². The minimum atomic E-state index is 0.284. The molecule has 0 saturated carbocycles. The molecule has 86 valence electrons. The molecule has 0 spiro atoms. The van der Waals surface area contributed by atoms with Gasteiger partial charge in [0.15, 0.2) is 0 Å². The van der Waals surface area contributed by atoms with Crippen LogP contribution in [-0.4, -0.2) is 13.1 Å². The van der Waals surface area contributed by atoms with Crippen LogP contribution in [0.25, 0.3) is 11.1 Å². The molecule has 3 rings (SSSR count). The summed E-state index contributed by atoms with van der Waals surface area (Å²) in [7, 11) is 0. The summed E-state index contributed by atoms with van der Waals surface area (Å²) in [6, 6.07) is 19.1. The summed E-state index contributed by atoms with van der Waals surface area (Å²) in [5, 5.41) is 6.94. The Kier molecular flexibility index (Phi) is 2.90. The van der Waals surface area contributed by atoms with Gasteiger partial charge in [-0.3, -0.25) is 10.6 Å². The fraction of sp³-hybridized carbons (Fsp3) is 0.200. The predicted molar refractivity (Wildman–Crippen MR) is 70.6 cm³/mol. The van der Waals surface area contributed by atoms with Crippen molar-refractivity contribution in [2.24, 2.45) is 0 Å². The minimum Gasteiger partial charge on any atom is -0.297 e. The van der Waals surface area contributed by atoms with Crippen LogP contribution in [0.1, 0.15) is 11.7 Å². The fourth-order valence-electron chi connectivity index (χ4n) is 2.35. The van der Waals surface area contributed by atoms with Crippen LogP contribution in [0.2, 0.25) is 0 Å². The second-order valence-electron chi connectivity index (χ2n) is 4.29. The van der Waals surface area contributed by atoms with Crippen molar-refractivity contribution in [1.29, 1.82) is 0 Å². The molecule has 0 unspecified atom stereocenters. The van der Waals surface area contributed by atoms with Crippen LogP contribution in [0.15, 0.2) is 54.6 Å². The molecule has 0 aromatic heterocycles. The van der Waals surface area contributed by atoms with Gasteiger partial charge < -0.3 is 0 Å². The summed E-state index contributed by atoms with van der Waals surface area (Å²) >= 11 is 0. The Morgan fingerprint density at radius 3 is 2.18 bits per heavy atom. The molecule has 2 aromatic rings. The maximum absolute atomic E-state index is 3.47. The van der Waals surface area contributed by atoms with E-state index >= 15 is 0 Å². The Balaban J connectivity index is 2.04. The number of hydrogen-bond acceptors (Lipinski definition) is 2. The molecule has 0 aliphatic carbocycles. The highest BCUT2D eigenvalue weighted by molar-refractivity contribution is 5.67. The Bertz CT molecular complexity index is 487. The van der Waals surface area contributed by atoms with Gasteiger partial charge in [0.25, 0.3) is 0 Å². The number of hydrogen-bond donors (Lipinski definition) is 2. The Morgan fingerprint density at radius 2 is 1.41 bits per heavy atom. The lowest BCUT2D eigenvalue weighted by Gasteiger charge is -2.16. The Morgan fingerprint density at radius 1 is 0.765 bits per heavy atom. The zero-order valence-electron chi connectivity index (χ0n) is 9.69. The Labute approximate surface area is 102 Å². The maximum atomic E-state index is 3.47. The SMILES string of the molecule is c1ccc(-c2ccccc2C2NCCN2)cc1. The van der Waals surface area contributed by atoms with Crippen LogP contribution in [0.5, 0.6) is 0 Å². The van der Waals surface area contributed by atoms with E-state index in [1.54, 1.807) is 0 Å². The molecule has 1 aliphatic heterocycles. The molecule has 0 bridgehead atoms. The average molecular weight is 224 g/mol. The van der Waals surface area contributed by atoms with Gasteiger partial charge in [-0.1, -0.05) is 54.6 Å². The first-order valence-corrected chi connectivity index (χ1v) is 6.06. The molecule has 0 radical (unpaired) electrons. The zero-order chi connectivity index (χ0) is 11.5. The van der Waals surface area contributed by atoms with E-state index in [0.29, 0.717) is 0 Å². The largest absolute Gasteiger partial charge is 0.297 e. The van der Waals surface area contributed by atoms with Crippen LogP contribution in [0.4, 0.5) is 0 Å². The van der Waals surface area contributed by atoms with Crippen molar-refractivity contribution in [3.63, 3.8) is 0 Å². The first kappa shape index (κ1) is 10.5. The third kappa shape index (κ3) is 2.09. The van der Waals surface area contributed by atoms with E-state index < -0.39 is 0 Å². The van der Waals surface area contributed by atoms with E-state index in [0.717, 1.165) is 13.1 Å². The topological polar surface area (TPSA) is 24.1 Å². The lowest BCUT2D eigenvalue weighted by molar-refractivity contribution is 0.590. The highest BCUT2D eigenvalue weighted by atomic mass is 15.2. The van der Waals surface area contributed by atoms with Gasteiger partial charge in [0, 0.05) is 13.1 Å². The van der Waals surface area contributed by atoms with Crippen LogP contribution in [0.3, 0.4) is 0 Å². The first-order chi connectivity index (χ1) is 8.45. The number of rotatable bonds is 2. The molecule has 1 aliphatic rings. The van der Waals surface area contributed by atoms with E-state index in [1.165, 1.54) is 16.7 Å². The third-order valence-corrected chi connectivity index (χ3v) is 3.18. The summed E-state index contributed by atoms with van der Waals surface area (Å²) in [4.78, 5) is 0. The van der Waals surface area contributed by atoms with Crippen molar-refractivity contribution in [3.05, 3.63) is 60.2 Å². The maximum Gasteiger partial charge on any atom is 0.0842 e. The second kappa shape index (κ2) is 4.70. The summed E-state index contributed by atoms with van der Waals surface area (Å²) in [6.07, 6.45) is 0.284. The van der Waals surface area contributed by atoms with Crippen molar-refractivity contribution >= 4 is 0 Å². The van der Waals surface area contributed by atoms with Gasteiger partial charge >= 0.3 is 0 Å². The molecule has 1 saturated heterocycles. The van der Waals surface area contributed by atoms with E-state index in [2.05, 4.69) is 65.2 Å². The molecule has 1 heterocycles. The van der Waals surface area contributed by atoms with Crippen molar-refractivity contribution < 1.29 is 0 Å². The van der Waals surface area contributed by atoms with Crippen LogP contribution in [0, 0.1) is 0 Å². The number of benzene rings is 2. The van der Waals surface area contributed by atoms with E-state index in [-0.39, 0.29) is 6.17 Å². The monoisotopic (exact) mass is 224 g/mol. The molecule has 2 N–H and O–H groups in total. The molecule has 17 heavy (non-hydrogen) atoms. The van der Waals surface area contributed by atoms with Crippen LogP contribution < -0.4 is 10.6 Å². The fourth-order valence-corrected chi connectivity index (χ4v) is 2.35. The molecular weight excluding hydrogens is 208 g/mol. The normalized spacial score (nSPS) is 16.2. The highest BCUT2D eigenvalue weighted by Gasteiger charge is 2.18. The van der Waals surface area contributed by atoms with Crippen molar-refractivity contribution in [2.45, 2.75) is 6.17 Å². The standard InChI is InChI=1S/C15H16N2/c1-2-6-12(7-3-1)13-8-4-5-9-14(13)15-16-10-11-17-15/h1-9,15-17H,10-11H2. The van der Waals surface area contributed by atoms with Gasteiger partial charge in [0.1, 0.15) is 0 Å². The van der Waals surface area contributed by atoms with Gasteiger partial charge in [-0.25, -0.2) is 0 Å². The minimum absolute atomic E-state index is 0.284. The molecule has 0 atom stereocenters. The molecule has 1 fully saturated rings. The highest BCUT2D eigenvalue weighted by Crippen LogP contribution is 2.27. The predicted octanol–water partition coefficient (Wildman–Crippen LogP) is 2.54. The molecule has 2 nitrogen and oxygen atoms in total. The average Bonchev–Trinajstić information content (AvgIpc) is 2.94. The quantitative estimate of drug-likeness (QED) is 0.819. The lowest BCUT2D eigenvalue weighted by atomic mass is 9.98. The summed E-state index contributed by atoms with van der Waals surface area (Å²) < 4.78 is 0. The van der Waals surface area contributed by atoms with Crippen LogP contribution >= 0.6 is 0 Å². The van der Waals surface area contributed by atoms with Crippen molar-refractivity contribution in [2.75, 3.05) is 13.1 Å². The summed E-state index contributed by atoms with van der Waals surface area (Å²) in [6.45, 7) is 2.07. The van der Waals surface area contributed by atoms with Crippen molar-refractivity contribution in [1.82, 2.24) is 10.6 Å². The van der Waals surface area contributed by atoms with Crippen molar-refractivity contribution in [3.8, 4) is 11.1 Å². The van der Waals surface area contributed by atoms with E-state index in [9.17, 15) is 0 Å². The van der Waals surface area contributed by atoms with E-state index in [4.69, 9.17) is 0 Å². The zero-order valence-corrected chi connectivity index (χ0v) is 9.69. The molecule has 0 amide bonds. The second-order valence-corrected chi connectivity index (χ2v) is 4.29. The molecule has 2 aromatic carbocycles. The lowest BCUT2D eigenvalue weighted by Crippen LogP contribution is -2.21. The van der Waals surface area contributed by atoms with E-state index in [1.807, 2.05) is 0 Å². The van der Waals surface area contributed by atoms with Gasteiger partial charge in [-0.15, -0.1) is 0 Å². The van der Waals surface area contributed by atoms with Gasteiger partial charge in [0.2, 0.25) is 0 Å². The first-order valence-electron chi connectivity index (χ1n) is 6.06. The van der Waals surface area contributed by atoms with Crippen LogP contribution in [-0.2, 0) is 0 Å². The molecular formula is C15H16N2. The molecule has 2 heteroatoms. The smallest absolute Gasteiger partial charge is 0.0842 e. The Hall–Kier alpha value is -1.64. The third-order valence-electron chi connectivity index (χ3n) is 3.18. The summed E-state index contributed by atoms with van der Waals surface area (Å²) in [5.41, 5.74) is 3.91. The number of nitrogens with one attached hydrogen (secondary N) is 2. The summed E-state index contributed by atoms with van der Waals surface area (Å²) in [5.74, 6) is 0. The van der Waals surface area contributed by atoms with Gasteiger partial charge in [0.05, 0.1) is 6.17 Å². The van der Waals surface area contributed by atoms with Gasteiger partial charge in [-0.2, -0.15) is 0 Å².